The van der Waals surface area contributed by atoms with E-state index in [0.717, 1.165) is 21.3 Å². The summed E-state index contributed by atoms with van der Waals surface area (Å²) in [5, 5.41) is 0. The van der Waals surface area contributed by atoms with Crippen LogP contribution in [-0.4, -0.2) is 26.1 Å². The third-order valence-electron chi connectivity index (χ3n) is 2.54. The first-order chi connectivity index (χ1) is 8.58. The third-order valence-corrected chi connectivity index (χ3v) is 3.39. The van der Waals surface area contributed by atoms with Crippen LogP contribution in [0.15, 0.2) is 16.6 Å². The van der Waals surface area contributed by atoms with Crippen molar-refractivity contribution in [1.29, 1.82) is 0 Å². The Bertz CT molecular complexity index is 374. The van der Waals surface area contributed by atoms with Crippen LogP contribution in [0.25, 0.3) is 0 Å². The Morgan fingerprint density at radius 1 is 1.06 bits per heavy atom. The second-order valence-corrected chi connectivity index (χ2v) is 4.87. The molecule has 1 rings (SSSR count). The van der Waals surface area contributed by atoms with Gasteiger partial charge in [0.15, 0.2) is 6.29 Å². The molecule has 0 fully saturated rings. The van der Waals surface area contributed by atoms with Crippen LogP contribution in [0.1, 0.15) is 25.0 Å². The number of hydrogen-bond acceptors (Lipinski definition) is 3. The van der Waals surface area contributed by atoms with E-state index in [4.69, 9.17) is 14.2 Å². The zero-order chi connectivity index (χ0) is 13.5. The highest BCUT2D eigenvalue weighted by molar-refractivity contribution is 9.10. The van der Waals surface area contributed by atoms with Gasteiger partial charge >= 0.3 is 0 Å². The molecule has 18 heavy (non-hydrogen) atoms. The maximum absolute atomic E-state index is 5.77. The summed E-state index contributed by atoms with van der Waals surface area (Å²) in [6, 6.07) is 4.08. The number of aryl methyl sites for hydroxylation is 2. The Morgan fingerprint density at radius 2 is 1.67 bits per heavy atom. The highest BCUT2D eigenvalue weighted by atomic mass is 79.9. The molecule has 0 bridgehead atoms. The SMILES string of the molecule is CCOC(COc1cc(C)c(Br)cc1C)OCC. The van der Waals surface area contributed by atoms with Crippen LogP contribution in [0.4, 0.5) is 0 Å². The van der Waals surface area contributed by atoms with Crippen LogP contribution in [0, 0.1) is 13.8 Å². The van der Waals surface area contributed by atoms with Gasteiger partial charge in [-0.2, -0.15) is 0 Å². The van der Waals surface area contributed by atoms with Crippen LogP contribution >= 0.6 is 15.9 Å². The van der Waals surface area contributed by atoms with Gasteiger partial charge in [-0.25, -0.2) is 0 Å². The van der Waals surface area contributed by atoms with Gasteiger partial charge in [0, 0.05) is 17.7 Å². The lowest BCUT2D eigenvalue weighted by Gasteiger charge is -2.18. The van der Waals surface area contributed by atoms with Gasteiger partial charge in [-0.15, -0.1) is 0 Å². The Balaban J connectivity index is 2.64. The molecule has 102 valence electrons. The maximum Gasteiger partial charge on any atom is 0.191 e. The van der Waals surface area contributed by atoms with Crippen molar-refractivity contribution in [2.75, 3.05) is 19.8 Å². The summed E-state index contributed by atoms with van der Waals surface area (Å²) in [5.41, 5.74) is 2.25. The van der Waals surface area contributed by atoms with E-state index in [2.05, 4.69) is 22.0 Å². The molecule has 0 atom stereocenters. The van der Waals surface area contributed by atoms with Gasteiger partial charge in [0.2, 0.25) is 0 Å². The van der Waals surface area contributed by atoms with Crippen molar-refractivity contribution in [3.05, 3.63) is 27.7 Å². The van der Waals surface area contributed by atoms with Crippen molar-refractivity contribution in [3.8, 4) is 5.75 Å². The molecule has 0 aliphatic carbocycles. The summed E-state index contributed by atoms with van der Waals surface area (Å²) in [6.45, 7) is 9.60. The van der Waals surface area contributed by atoms with Crippen LogP contribution < -0.4 is 4.74 Å². The average molecular weight is 317 g/mol. The average Bonchev–Trinajstić information content (AvgIpc) is 2.32. The lowest BCUT2D eigenvalue weighted by atomic mass is 10.1. The molecule has 0 unspecified atom stereocenters. The lowest BCUT2D eigenvalue weighted by Crippen LogP contribution is -2.25. The Morgan fingerprint density at radius 3 is 2.22 bits per heavy atom. The Kier molecular flexibility index (Phi) is 6.68. The molecule has 0 spiro atoms. The first kappa shape index (κ1) is 15.5. The van der Waals surface area contributed by atoms with Gasteiger partial charge in [0.05, 0.1) is 0 Å². The Labute approximate surface area is 118 Å². The molecule has 0 saturated carbocycles. The van der Waals surface area contributed by atoms with Crippen LogP contribution in [0.2, 0.25) is 0 Å². The smallest absolute Gasteiger partial charge is 0.191 e. The monoisotopic (exact) mass is 316 g/mol. The van der Waals surface area contributed by atoms with E-state index in [0.29, 0.717) is 19.8 Å². The highest BCUT2D eigenvalue weighted by Crippen LogP contribution is 2.26. The van der Waals surface area contributed by atoms with E-state index in [1.807, 2.05) is 33.8 Å². The van der Waals surface area contributed by atoms with Crippen molar-refractivity contribution < 1.29 is 14.2 Å². The molecular formula is C14H21BrO3. The van der Waals surface area contributed by atoms with E-state index in [9.17, 15) is 0 Å². The Hall–Kier alpha value is -0.580. The molecular weight excluding hydrogens is 296 g/mol. The van der Waals surface area contributed by atoms with Gasteiger partial charge in [-0.1, -0.05) is 15.9 Å². The van der Waals surface area contributed by atoms with E-state index < -0.39 is 0 Å². The summed E-state index contributed by atoms with van der Waals surface area (Å²) < 4.78 is 17.7. The number of rotatable bonds is 7. The minimum atomic E-state index is -0.302. The van der Waals surface area contributed by atoms with Crippen molar-refractivity contribution in [2.24, 2.45) is 0 Å². The summed E-state index contributed by atoms with van der Waals surface area (Å²) in [5.74, 6) is 0.875. The van der Waals surface area contributed by atoms with Crippen molar-refractivity contribution in [1.82, 2.24) is 0 Å². The van der Waals surface area contributed by atoms with Crippen molar-refractivity contribution >= 4 is 15.9 Å². The van der Waals surface area contributed by atoms with Crippen LogP contribution in [-0.2, 0) is 9.47 Å². The van der Waals surface area contributed by atoms with E-state index >= 15 is 0 Å². The molecule has 0 aliphatic rings. The van der Waals surface area contributed by atoms with Gasteiger partial charge < -0.3 is 14.2 Å². The third kappa shape index (κ3) is 4.59. The summed E-state index contributed by atoms with van der Waals surface area (Å²) >= 11 is 3.51. The minimum absolute atomic E-state index is 0.302. The molecule has 0 N–H and O–H groups in total. The first-order valence-corrected chi connectivity index (χ1v) is 7.00. The maximum atomic E-state index is 5.77. The molecule has 0 aliphatic heterocycles. The molecule has 0 aromatic heterocycles. The molecule has 0 heterocycles. The predicted octanol–water partition coefficient (Wildman–Crippen LogP) is 3.84. The topological polar surface area (TPSA) is 27.7 Å². The number of ether oxygens (including phenoxy) is 3. The zero-order valence-electron chi connectivity index (χ0n) is 11.5. The number of benzene rings is 1. The highest BCUT2D eigenvalue weighted by Gasteiger charge is 2.10. The molecule has 3 nitrogen and oxygen atoms in total. The summed E-state index contributed by atoms with van der Waals surface area (Å²) in [4.78, 5) is 0. The van der Waals surface area contributed by atoms with Gasteiger partial charge in [-0.3, -0.25) is 0 Å². The van der Waals surface area contributed by atoms with Gasteiger partial charge in [0.25, 0.3) is 0 Å². The fourth-order valence-electron chi connectivity index (χ4n) is 1.58. The molecule has 4 heteroatoms. The van der Waals surface area contributed by atoms with Crippen LogP contribution in [0.3, 0.4) is 0 Å². The van der Waals surface area contributed by atoms with Crippen molar-refractivity contribution in [2.45, 2.75) is 34.0 Å². The fraction of sp³-hybridized carbons (Fsp3) is 0.571. The van der Waals surface area contributed by atoms with E-state index in [-0.39, 0.29) is 6.29 Å². The normalized spacial score (nSPS) is 11.0. The minimum Gasteiger partial charge on any atom is -0.488 e. The van der Waals surface area contributed by atoms with Gasteiger partial charge in [-0.05, 0) is 51.0 Å². The standard InChI is InChI=1S/C14H21BrO3/c1-5-16-14(17-6-2)9-18-13-8-10(3)12(15)7-11(13)4/h7-8,14H,5-6,9H2,1-4H3. The van der Waals surface area contributed by atoms with Crippen LogP contribution in [0.5, 0.6) is 5.75 Å². The molecule has 0 radical (unpaired) electrons. The predicted molar refractivity (Wildman–Crippen MR) is 76.2 cm³/mol. The summed E-state index contributed by atoms with van der Waals surface area (Å²) in [6.07, 6.45) is -0.302. The second kappa shape index (κ2) is 7.77. The molecule has 0 amide bonds. The fourth-order valence-corrected chi connectivity index (χ4v) is 2.04. The lowest BCUT2D eigenvalue weighted by molar-refractivity contribution is -0.152. The zero-order valence-corrected chi connectivity index (χ0v) is 13.0. The number of halogens is 1. The second-order valence-electron chi connectivity index (χ2n) is 4.02. The summed E-state index contributed by atoms with van der Waals surface area (Å²) in [7, 11) is 0. The number of hydrogen-bond donors (Lipinski definition) is 0. The molecule has 1 aromatic rings. The van der Waals surface area contributed by atoms with E-state index in [1.165, 1.54) is 0 Å². The van der Waals surface area contributed by atoms with Crippen molar-refractivity contribution in [3.63, 3.8) is 0 Å². The largest absolute Gasteiger partial charge is 0.488 e. The van der Waals surface area contributed by atoms with E-state index in [1.54, 1.807) is 0 Å². The quantitative estimate of drug-likeness (QED) is 0.715. The molecule has 1 aromatic carbocycles. The molecule has 0 saturated heterocycles. The van der Waals surface area contributed by atoms with Gasteiger partial charge in [0.1, 0.15) is 12.4 Å². The first-order valence-electron chi connectivity index (χ1n) is 6.21.